The van der Waals surface area contributed by atoms with Gasteiger partial charge in [-0.3, -0.25) is 24.3 Å². The minimum atomic E-state index is -0.312. The number of rotatable bonds is 20. The second-order valence-electron chi connectivity index (χ2n) is 16.9. The van der Waals surface area contributed by atoms with Gasteiger partial charge in [0.1, 0.15) is 31.3 Å². The molecule has 2 atom stereocenters. The van der Waals surface area contributed by atoms with Gasteiger partial charge in [0.25, 0.3) is 11.8 Å². The van der Waals surface area contributed by atoms with Gasteiger partial charge < -0.3 is 42.8 Å². The van der Waals surface area contributed by atoms with Gasteiger partial charge in [0.15, 0.2) is 11.5 Å². The highest BCUT2D eigenvalue weighted by atomic mass is 16.6. The number of hydrogen-bond acceptors (Lipinski definition) is 12. The van der Waals surface area contributed by atoms with Gasteiger partial charge in [0.2, 0.25) is 0 Å². The van der Waals surface area contributed by atoms with Crippen LogP contribution in [0.3, 0.4) is 0 Å². The molecule has 5 aromatic carbocycles. The molecule has 0 unspecified atom stereocenters. The second kappa shape index (κ2) is 20.8. The van der Waals surface area contributed by atoms with E-state index in [1.54, 1.807) is 19.2 Å². The molecule has 5 aromatic rings. The highest BCUT2D eigenvalue weighted by Crippen LogP contribution is 2.42. The maximum atomic E-state index is 14.0. The first-order valence-electron chi connectivity index (χ1n) is 22.8. The van der Waals surface area contributed by atoms with Gasteiger partial charge in [0.05, 0.1) is 77.6 Å². The van der Waals surface area contributed by atoms with Crippen molar-refractivity contribution < 1.29 is 52.3 Å². The largest absolute Gasteiger partial charge is 0.493 e. The summed E-state index contributed by atoms with van der Waals surface area (Å²) in [5, 5.41) is 0. The number of aliphatic imine (C=N–C) groups is 1. The van der Waals surface area contributed by atoms with Gasteiger partial charge in [0, 0.05) is 41.7 Å². The van der Waals surface area contributed by atoms with Crippen LogP contribution in [-0.4, -0.2) is 96.5 Å². The molecule has 9 rings (SSSR count). The molecule has 348 valence electrons. The standard InChI is InChI=1S/C53H55N3O11/c1-34-22-43-37(12-13-40-26-38-8-4-6-10-46(38)55(40)52(43)58)28-48(34)66-32-35-23-36(25-42(24-35)65-21-20-64-19-18-63-17-16-62-15-14-51(57)61-3)33-67-50-30-45-44(29-49(50)60-2)53(59)56-41(31-54-45)27-39-9-5-7-11-47(39)56/h4-11,22-25,28-31,40-41H,12-21,26-27,32-33H2,1-3H3/t40-,41+/m1/s1. The van der Waals surface area contributed by atoms with E-state index in [2.05, 4.69) is 10.8 Å². The fourth-order valence-electron chi connectivity index (χ4n) is 9.22. The van der Waals surface area contributed by atoms with Crippen LogP contribution in [0.4, 0.5) is 17.1 Å². The lowest BCUT2D eigenvalue weighted by atomic mass is 9.98. The zero-order valence-electron chi connectivity index (χ0n) is 38.1. The molecule has 14 nitrogen and oxygen atoms in total. The molecule has 0 radical (unpaired) electrons. The number of methoxy groups -OCH3 is 2. The Morgan fingerprint density at radius 2 is 1.28 bits per heavy atom. The Kier molecular flexibility index (Phi) is 14.1. The third kappa shape index (κ3) is 10.2. The van der Waals surface area contributed by atoms with Gasteiger partial charge in [-0.25, -0.2) is 0 Å². The molecular formula is C53H55N3O11. The molecule has 0 aromatic heterocycles. The number of benzene rings is 5. The first kappa shape index (κ1) is 45.4. The highest BCUT2D eigenvalue weighted by molar-refractivity contribution is 6.15. The molecule has 67 heavy (non-hydrogen) atoms. The van der Waals surface area contributed by atoms with Crippen molar-refractivity contribution in [1.82, 2.24) is 0 Å². The van der Waals surface area contributed by atoms with Crippen LogP contribution in [0.15, 0.2) is 96.0 Å². The van der Waals surface area contributed by atoms with E-state index in [1.807, 2.05) is 95.7 Å². The number of carbonyl (C=O) groups excluding carboxylic acids is 3. The molecule has 2 amide bonds. The SMILES string of the molecule is COC(=O)CCOCCOCCOCCOc1cc(COc2cc3c(cc2C)C(=O)N2c4ccccc4C[C@H]2CC3)cc(COc2cc3c(cc2OC)C(=O)N2c4ccccc4C[C@H]2C=N3)c1. The Bertz CT molecular complexity index is 2670. The number of anilines is 2. The molecule has 0 bridgehead atoms. The number of carbonyl (C=O) groups is 3. The van der Waals surface area contributed by atoms with Crippen LogP contribution < -0.4 is 28.7 Å². The Balaban J connectivity index is 0.873. The third-order valence-electron chi connectivity index (χ3n) is 12.5. The lowest BCUT2D eigenvalue weighted by Gasteiger charge is -2.23. The van der Waals surface area contributed by atoms with Crippen molar-refractivity contribution in [3.05, 3.63) is 136 Å². The maximum Gasteiger partial charge on any atom is 0.307 e. The Morgan fingerprint density at radius 3 is 2.00 bits per heavy atom. The van der Waals surface area contributed by atoms with E-state index in [9.17, 15) is 14.4 Å². The Labute approximate surface area is 390 Å². The fraction of sp³-hybridized carbons (Fsp3) is 0.358. The normalized spacial score (nSPS) is 16.5. The summed E-state index contributed by atoms with van der Waals surface area (Å²) in [6.07, 6.45) is 5.25. The topological polar surface area (TPSA) is 144 Å². The van der Waals surface area contributed by atoms with Crippen LogP contribution in [0, 0.1) is 6.92 Å². The van der Waals surface area contributed by atoms with Crippen molar-refractivity contribution in [3.8, 4) is 23.0 Å². The summed E-state index contributed by atoms with van der Waals surface area (Å²) in [6.45, 7) is 4.78. The van der Waals surface area contributed by atoms with E-state index in [1.165, 1.54) is 12.7 Å². The first-order chi connectivity index (χ1) is 32.8. The van der Waals surface area contributed by atoms with Gasteiger partial charge in [-0.1, -0.05) is 36.4 Å². The van der Waals surface area contributed by atoms with Crippen LogP contribution in [0.25, 0.3) is 0 Å². The maximum absolute atomic E-state index is 14.0. The second-order valence-corrected chi connectivity index (χ2v) is 16.9. The molecule has 4 aliphatic rings. The van der Waals surface area contributed by atoms with E-state index in [0.717, 1.165) is 69.8 Å². The summed E-state index contributed by atoms with van der Waals surface area (Å²) in [7, 11) is 2.90. The predicted molar refractivity (Wildman–Crippen MR) is 252 cm³/mol. The first-order valence-corrected chi connectivity index (χ1v) is 22.8. The summed E-state index contributed by atoms with van der Waals surface area (Å²) in [4.78, 5) is 47.8. The zero-order valence-corrected chi connectivity index (χ0v) is 38.1. The number of nitrogens with zero attached hydrogens (tertiary/aromatic N) is 3. The van der Waals surface area contributed by atoms with Crippen molar-refractivity contribution in [3.63, 3.8) is 0 Å². The number of para-hydroxylation sites is 2. The molecule has 0 saturated heterocycles. The van der Waals surface area contributed by atoms with E-state index in [-0.39, 0.29) is 62.7 Å². The molecule has 4 heterocycles. The zero-order chi connectivity index (χ0) is 46.3. The van der Waals surface area contributed by atoms with Crippen molar-refractivity contribution in [2.75, 3.05) is 70.3 Å². The van der Waals surface area contributed by atoms with Gasteiger partial charge in [-0.2, -0.15) is 0 Å². The lowest BCUT2D eigenvalue weighted by molar-refractivity contribution is -0.141. The summed E-state index contributed by atoms with van der Waals surface area (Å²) < 4.78 is 46.3. The number of hydrogen-bond donors (Lipinski definition) is 0. The lowest BCUT2D eigenvalue weighted by Crippen LogP contribution is -2.37. The van der Waals surface area contributed by atoms with Crippen LogP contribution >= 0.6 is 0 Å². The summed E-state index contributed by atoms with van der Waals surface area (Å²) >= 11 is 0. The minimum Gasteiger partial charge on any atom is -0.493 e. The van der Waals surface area contributed by atoms with Crippen LogP contribution in [0.1, 0.15) is 66.9 Å². The number of ether oxygens (including phenoxy) is 8. The van der Waals surface area contributed by atoms with E-state index in [0.29, 0.717) is 68.0 Å². The van der Waals surface area contributed by atoms with Crippen molar-refractivity contribution in [2.45, 2.75) is 64.3 Å². The monoisotopic (exact) mass is 909 g/mol. The van der Waals surface area contributed by atoms with Gasteiger partial charge in [-0.15, -0.1) is 0 Å². The molecule has 0 aliphatic carbocycles. The summed E-state index contributed by atoms with van der Waals surface area (Å²) in [6, 6.07) is 29.4. The fourth-order valence-corrected chi connectivity index (χ4v) is 9.22. The van der Waals surface area contributed by atoms with Crippen LogP contribution in [0.5, 0.6) is 23.0 Å². The molecule has 0 N–H and O–H groups in total. The number of amides is 2. The molecular weight excluding hydrogens is 855 g/mol. The van der Waals surface area contributed by atoms with Crippen molar-refractivity contribution in [1.29, 1.82) is 0 Å². The molecule has 4 aliphatic heterocycles. The molecule has 0 saturated carbocycles. The van der Waals surface area contributed by atoms with Gasteiger partial charge >= 0.3 is 5.97 Å². The van der Waals surface area contributed by atoms with Gasteiger partial charge in [-0.05, 0) is 108 Å². The number of esters is 1. The summed E-state index contributed by atoms with van der Waals surface area (Å²) in [5.74, 6) is 1.78. The van der Waals surface area contributed by atoms with E-state index in [4.69, 9.17) is 38.2 Å². The third-order valence-corrected chi connectivity index (χ3v) is 12.5. The predicted octanol–water partition coefficient (Wildman–Crippen LogP) is 7.96. The summed E-state index contributed by atoms with van der Waals surface area (Å²) in [5.41, 5.74) is 9.45. The Hall–Kier alpha value is -6.74. The van der Waals surface area contributed by atoms with Crippen molar-refractivity contribution in [2.24, 2.45) is 4.99 Å². The minimum absolute atomic E-state index is 0.0393. The van der Waals surface area contributed by atoms with E-state index < -0.39 is 0 Å². The van der Waals surface area contributed by atoms with Crippen LogP contribution in [-0.2, 0) is 56.2 Å². The molecule has 0 spiro atoms. The van der Waals surface area contributed by atoms with Crippen LogP contribution in [0.2, 0.25) is 0 Å². The average molecular weight is 910 g/mol. The number of fused-ring (bicyclic) bond motifs is 8. The average Bonchev–Trinajstić information content (AvgIpc) is 3.84. The molecule has 14 heteroatoms. The Morgan fingerprint density at radius 1 is 0.642 bits per heavy atom. The van der Waals surface area contributed by atoms with Crippen molar-refractivity contribution >= 4 is 41.1 Å². The highest BCUT2D eigenvalue weighted by Gasteiger charge is 2.38. The molecule has 0 fully saturated rings. The number of aryl methyl sites for hydroxylation is 2. The quantitative estimate of drug-likeness (QED) is 0.0555. The van der Waals surface area contributed by atoms with E-state index >= 15 is 0 Å². The smallest absolute Gasteiger partial charge is 0.307 e.